The SMILES string of the molecule is O=C(O)CN(CC(=O)O)CC(=O)OCc1ccccc1. The van der Waals surface area contributed by atoms with Crippen LogP contribution in [0.4, 0.5) is 0 Å². The Morgan fingerprint density at radius 3 is 2.00 bits per heavy atom. The molecule has 0 bridgehead atoms. The number of nitrogens with zero attached hydrogens (tertiary/aromatic N) is 1. The first kappa shape index (κ1) is 15.6. The molecule has 7 nitrogen and oxygen atoms in total. The number of carbonyl (C=O) groups is 3. The maximum atomic E-state index is 11.5. The summed E-state index contributed by atoms with van der Waals surface area (Å²) in [4.78, 5) is 33.7. The standard InChI is InChI=1S/C13H15NO6/c15-11(16)6-14(7-12(17)18)8-13(19)20-9-10-4-2-1-3-5-10/h1-5H,6-9H2,(H,15,16)(H,17,18). The van der Waals surface area contributed by atoms with Gasteiger partial charge in [-0.3, -0.25) is 19.3 Å². The highest BCUT2D eigenvalue weighted by molar-refractivity contribution is 5.76. The Morgan fingerprint density at radius 2 is 1.50 bits per heavy atom. The molecule has 0 heterocycles. The lowest BCUT2D eigenvalue weighted by molar-refractivity contribution is -0.149. The van der Waals surface area contributed by atoms with Crippen LogP contribution in [-0.4, -0.2) is 52.7 Å². The predicted octanol–water partition coefficient (Wildman–Crippen LogP) is 0.201. The van der Waals surface area contributed by atoms with Crippen molar-refractivity contribution in [1.82, 2.24) is 4.90 Å². The molecule has 0 aromatic heterocycles. The zero-order chi connectivity index (χ0) is 15.0. The van der Waals surface area contributed by atoms with E-state index < -0.39 is 31.0 Å². The van der Waals surface area contributed by atoms with Crippen LogP contribution >= 0.6 is 0 Å². The van der Waals surface area contributed by atoms with Gasteiger partial charge in [-0.1, -0.05) is 30.3 Å². The Hall–Kier alpha value is -2.41. The predicted molar refractivity (Wildman–Crippen MR) is 67.9 cm³/mol. The Kier molecular flexibility index (Phi) is 6.18. The van der Waals surface area contributed by atoms with E-state index in [1.807, 2.05) is 6.07 Å². The highest BCUT2D eigenvalue weighted by Gasteiger charge is 2.17. The molecule has 0 saturated heterocycles. The van der Waals surface area contributed by atoms with Gasteiger partial charge in [0.1, 0.15) is 6.61 Å². The van der Waals surface area contributed by atoms with Gasteiger partial charge in [0.15, 0.2) is 0 Å². The molecule has 0 atom stereocenters. The fraction of sp³-hybridized carbons (Fsp3) is 0.308. The van der Waals surface area contributed by atoms with E-state index in [0.717, 1.165) is 10.5 Å². The second-order valence-electron chi connectivity index (χ2n) is 4.08. The Balaban J connectivity index is 2.44. The van der Waals surface area contributed by atoms with Crippen LogP contribution in [0.5, 0.6) is 0 Å². The summed E-state index contributed by atoms with van der Waals surface area (Å²) in [6.07, 6.45) is 0. The Labute approximate surface area is 115 Å². The fourth-order valence-corrected chi connectivity index (χ4v) is 1.52. The van der Waals surface area contributed by atoms with Crippen molar-refractivity contribution in [3.05, 3.63) is 35.9 Å². The number of rotatable bonds is 8. The van der Waals surface area contributed by atoms with Crippen LogP contribution in [-0.2, 0) is 25.7 Å². The summed E-state index contributed by atoms with van der Waals surface area (Å²) >= 11 is 0. The van der Waals surface area contributed by atoms with Crippen molar-refractivity contribution >= 4 is 17.9 Å². The Morgan fingerprint density at radius 1 is 0.950 bits per heavy atom. The van der Waals surface area contributed by atoms with E-state index in [-0.39, 0.29) is 13.2 Å². The van der Waals surface area contributed by atoms with E-state index in [9.17, 15) is 14.4 Å². The lowest BCUT2D eigenvalue weighted by Gasteiger charge is -2.16. The molecular weight excluding hydrogens is 266 g/mol. The first-order valence-electron chi connectivity index (χ1n) is 5.83. The molecule has 0 unspecified atom stereocenters. The number of esters is 1. The Bertz CT molecular complexity index is 457. The van der Waals surface area contributed by atoms with Gasteiger partial charge in [0.2, 0.25) is 0 Å². The normalized spacial score (nSPS) is 10.2. The van der Waals surface area contributed by atoms with Crippen LogP contribution in [0.3, 0.4) is 0 Å². The molecule has 0 amide bonds. The van der Waals surface area contributed by atoms with Crippen LogP contribution in [0, 0.1) is 0 Å². The molecule has 2 N–H and O–H groups in total. The summed E-state index contributed by atoms with van der Waals surface area (Å²) in [6, 6.07) is 8.97. The molecule has 0 aliphatic rings. The number of hydrogen-bond donors (Lipinski definition) is 2. The summed E-state index contributed by atoms with van der Waals surface area (Å²) in [5.74, 6) is -3.08. The van der Waals surface area contributed by atoms with Crippen molar-refractivity contribution in [2.75, 3.05) is 19.6 Å². The minimum absolute atomic E-state index is 0.0632. The minimum atomic E-state index is -1.21. The smallest absolute Gasteiger partial charge is 0.320 e. The molecule has 0 aliphatic heterocycles. The minimum Gasteiger partial charge on any atom is -0.480 e. The van der Waals surface area contributed by atoms with Crippen molar-refractivity contribution in [1.29, 1.82) is 0 Å². The maximum absolute atomic E-state index is 11.5. The molecule has 0 aliphatic carbocycles. The molecule has 1 rings (SSSR count). The number of ether oxygens (including phenoxy) is 1. The van der Waals surface area contributed by atoms with Gasteiger partial charge in [-0.15, -0.1) is 0 Å². The highest BCUT2D eigenvalue weighted by atomic mass is 16.5. The van der Waals surface area contributed by atoms with E-state index in [0.29, 0.717) is 0 Å². The molecule has 0 spiro atoms. The fourth-order valence-electron chi connectivity index (χ4n) is 1.52. The second-order valence-corrected chi connectivity index (χ2v) is 4.08. The average Bonchev–Trinajstić information content (AvgIpc) is 2.36. The monoisotopic (exact) mass is 281 g/mol. The lowest BCUT2D eigenvalue weighted by atomic mass is 10.2. The zero-order valence-electron chi connectivity index (χ0n) is 10.7. The third-order valence-electron chi connectivity index (χ3n) is 2.31. The molecule has 108 valence electrons. The molecule has 0 radical (unpaired) electrons. The van der Waals surface area contributed by atoms with Gasteiger partial charge in [-0.2, -0.15) is 0 Å². The first-order valence-corrected chi connectivity index (χ1v) is 5.83. The van der Waals surface area contributed by atoms with Crippen LogP contribution in [0.25, 0.3) is 0 Å². The van der Waals surface area contributed by atoms with Crippen molar-refractivity contribution in [3.63, 3.8) is 0 Å². The molecule has 1 aromatic rings. The van der Waals surface area contributed by atoms with Crippen molar-refractivity contribution in [3.8, 4) is 0 Å². The zero-order valence-corrected chi connectivity index (χ0v) is 10.7. The number of aliphatic carboxylic acids is 2. The third-order valence-corrected chi connectivity index (χ3v) is 2.31. The number of hydrogen-bond acceptors (Lipinski definition) is 5. The molecule has 0 saturated carbocycles. The maximum Gasteiger partial charge on any atom is 0.320 e. The second kappa shape index (κ2) is 7.90. The summed E-state index contributed by atoms with van der Waals surface area (Å²) in [5, 5.41) is 17.3. The average molecular weight is 281 g/mol. The van der Waals surface area contributed by atoms with Crippen LogP contribution < -0.4 is 0 Å². The third kappa shape index (κ3) is 6.50. The van der Waals surface area contributed by atoms with Gasteiger partial charge in [0.25, 0.3) is 0 Å². The largest absolute Gasteiger partial charge is 0.480 e. The van der Waals surface area contributed by atoms with Gasteiger partial charge in [0.05, 0.1) is 19.6 Å². The van der Waals surface area contributed by atoms with Gasteiger partial charge in [-0.05, 0) is 5.56 Å². The number of carboxylic acid groups (broad SMARTS) is 2. The topological polar surface area (TPSA) is 104 Å². The molecule has 1 aromatic carbocycles. The molecule has 0 fully saturated rings. The van der Waals surface area contributed by atoms with Crippen LogP contribution in [0.15, 0.2) is 30.3 Å². The van der Waals surface area contributed by atoms with Crippen molar-refractivity contribution in [2.45, 2.75) is 6.61 Å². The first-order chi connectivity index (χ1) is 9.47. The molecule has 7 heteroatoms. The van der Waals surface area contributed by atoms with Crippen LogP contribution in [0.1, 0.15) is 5.56 Å². The van der Waals surface area contributed by atoms with Crippen LogP contribution in [0.2, 0.25) is 0 Å². The molecule has 20 heavy (non-hydrogen) atoms. The summed E-state index contributed by atoms with van der Waals surface area (Å²) in [5.41, 5.74) is 0.795. The van der Waals surface area contributed by atoms with E-state index in [1.165, 1.54) is 0 Å². The highest BCUT2D eigenvalue weighted by Crippen LogP contribution is 2.01. The number of carboxylic acids is 2. The molecular formula is C13H15NO6. The van der Waals surface area contributed by atoms with E-state index in [4.69, 9.17) is 14.9 Å². The van der Waals surface area contributed by atoms with Crippen molar-refractivity contribution < 1.29 is 29.3 Å². The number of benzene rings is 1. The van der Waals surface area contributed by atoms with E-state index >= 15 is 0 Å². The summed E-state index contributed by atoms with van der Waals surface area (Å²) < 4.78 is 4.96. The van der Waals surface area contributed by atoms with Gasteiger partial charge in [-0.25, -0.2) is 0 Å². The number of carbonyl (C=O) groups excluding carboxylic acids is 1. The van der Waals surface area contributed by atoms with Gasteiger partial charge in [0, 0.05) is 0 Å². The van der Waals surface area contributed by atoms with Gasteiger partial charge < -0.3 is 14.9 Å². The van der Waals surface area contributed by atoms with Gasteiger partial charge >= 0.3 is 17.9 Å². The summed E-state index contributed by atoms with van der Waals surface area (Å²) in [6.45, 7) is -1.39. The van der Waals surface area contributed by atoms with Crippen molar-refractivity contribution in [2.24, 2.45) is 0 Å². The van der Waals surface area contributed by atoms with E-state index in [2.05, 4.69) is 0 Å². The summed E-state index contributed by atoms with van der Waals surface area (Å²) in [7, 11) is 0. The lowest BCUT2D eigenvalue weighted by Crippen LogP contribution is -2.38. The quantitative estimate of drug-likeness (QED) is 0.656. The van der Waals surface area contributed by atoms with E-state index in [1.54, 1.807) is 24.3 Å².